The number of esters is 1. The van der Waals surface area contributed by atoms with Crippen LogP contribution in [-0.4, -0.2) is 22.5 Å². The molecule has 0 atom stereocenters. The van der Waals surface area contributed by atoms with Gasteiger partial charge in [-0.2, -0.15) is 0 Å². The van der Waals surface area contributed by atoms with Gasteiger partial charge in [-0.3, -0.25) is 0 Å². The van der Waals surface area contributed by atoms with Gasteiger partial charge in [0.15, 0.2) is 0 Å². The van der Waals surface area contributed by atoms with Crippen molar-refractivity contribution in [3.8, 4) is 11.3 Å². The van der Waals surface area contributed by atoms with Gasteiger partial charge in [-0.1, -0.05) is 41.1 Å². The van der Waals surface area contributed by atoms with Gasteiger partial charge in [0.25, 0.3) is 0 Å². The first-order chi connectivity index (χ1) is 9.67. The van der Waals surface area contributed by atoms with Crippen LogP contribution in [-0.2, 0) is 11.2 Å². The highest BCUT2D eigenvalue weighted by molar-refractivity contribution is 9.10. The fourth-order valence-corrected chi connectivity index (χ4v) is 2.28. The molecule has 0 bridgehead atoms. The van der Waals surface area contributed by atoms with Gasteiger partial charge in [0.2, 0.25) is 0 Å². The van der Waals surface area contributed by atoms with Crippen LogP contribution in [0, 0.1) is 0 Å². The number of carbonyl (C=O) groups excluding carboxylic acids is 1. The molecule has 0 amide bonds. The van der Waals surface area contributed by atoms with E-state index in [1.807, 2.05) is 31.2 Å². The standard InChI is InChI=1S/C15H15BrN2O2/c1-3-13-17-9-11(15(19)20-4-2)14(18-13)10-7-5-6-8-12(10)16/h5-9H,3-4H2,1-2H3. The molecule has 0 saturated carbocycles. The van der Waals surface area contributed by atoms with Crippen molar-refractivity contribution >= 4 is 21.9 Å². The summed E-state index contributed by atoms with van der Waals surface area (Å²) in [4.78, 5) is 20.7. The predicted molar refractivity (Wildman–Crippen MR) is 80.5 cm³/mol. The van der Waals surface area contributed by atoms with Crippen LogP contribution in [0.1, 0.15) is 30.0 Å². The monoisotopic (exact) mass is 334 g/mol. The molecule has 0 aliphatic rings. The van der Waals surface area contributed by atoms with Gasteiger partial charge >= 0.3 is 5.97 Å². The Labute approximate surface area is 126 Å². The van der Waals surface area contributed by atoms with E-state index in [0.717, 1.165) is 10.0 Å². The summed E-state index contributed by atoms with van der Waals surface area (Å²) < 4.78 is 5.95. The summed E-state index contributed by atoms with van der Waals surface area (Å²) in [7, 11) is 0. The van der Waals surface area contributed by atoms with E-state index in [2.05, 4.69) is 25.9 Å². The largest absolute Gasteiger partial charge is 0.462 e. The molecule has 0 N–H and O–H groups in total. The molecular weight excluding hydrogens is 320 g/mol. The number of hydrogen-bond donors (Lipinski definition) is 0. The molecule has 0 aliphatic carbocycles. The summed E-state index contributed by atoms with van der Waals surface area (Å²) in [6, 6.07) is 7.65. The summed E-state index contributed by atoms with van der Waals surface area (Å²) in [5.41, 5.74) is 1.84. The van der Waals surface area contributed by atoms with Crippen molar-refractivity contribution in [2.75, 3.05) is 6.61 Å². The van der Waals surface area contributed by atoms with Gasteiger partial charge in [0.05, 0.1) is 12.3 Å². The molecule has 0 unspecified atom stereocenters. The Morgan fingerprint density at radius 2 is 2.05 bits per heavy atom. The lowest BCUT2D eigenvalue weighted by Gasteiger charge is -2.10. The van der Waals surface area contributed by atoms with Crippen molar-refractivity contribution < 1.29 is 9.53 Å². The van der Waals surface area contributed by atoms with E-state index in [-0.39, 0.29) is 0 Å². The van der Waals surface area contributed by atoms with Gasteiger partial charge in [-0.05, 0) is 13.0 Å². The van der Waals surface area contributed by atoms with Gasteiger partial charge in [-0.25, -0.2) is 14.8 Å². The van der Waals surface area contributed by atoms with Crippen molar-refractivity contribution in [1.29, 1.82) is 0 Å². The minimum Gasteiger partial charge on any atom is -0.462 e. The lowest BCUT2D eigenvalue weighted by atomic mass is 10.1. The topological polar surface area (TPSA) is 52.1 Å². The Balaban J connectivity index is 2.59. The van der Waals surface area contributed by atoms with Crippen LogP contribution >= 0.6 is 15.9 Å². The summed E-state index contributed by atoms with van der Waals surface area (Å²) in [6.45, 7) is 4.07. The van der Waals surface area contributed by atoms with Gasteiger partial charge in [0.1, 0.15) is 11.4 Å². The highest BCUT2D eigenvalue weighted by Crippen LogP contribution is 2.29. The number of hydrogen-bond acceptors (Lipinski definition) is 4. The average Bonchev–Trinajstić information content (AvgIpc) is 2.47. The van der Waals surface area contributed by atoms with Crippen molar-refractivity contribution in [2.45, 2.75) is 20.3 Å². The number of benzene rings is 1. The fraction of sp³-hybridized carbons (Fsp3) is 0.267. The third-order valence-electron chi connectivity index (χ3n) is 2.78. The van der Waals surface area contributed by atoms with Crippen molar-refractivity contribution in [3.63, 3.8) is 0 Å². The Kier molecular flexibility index (Phi) is 4.84. The Hall–Kier alpha value is -1.75. The van der Waals surface area contributed by atoms with E-state index < -0.39 is 5.97 Å². The molecule has 5 heteroatoms. The average molecular weight is 335 g/mol. The molecule has 104 valence electrons. The van der Waals surface area contributed by atoms with Crippen LogP contribution in [0.25, 0.3) is 11.3 Å². The van der Waals surface area contributed by atoms with Crippen molar-refractivity contribution in [3.05, 3.63) is 46.3 Å². The molecule has 0 radical (unpaired) electrons. The maximum Gasteiger partial charge on any atom is 0.341 e. The number of nitrogens with zero attached hydrogens (tertiary/aromatic N) is 2. The molecule has 2 aromatic rings. The highest BCUT2D eigenvalue weighted by atomic mass is 79.9. The second-order valence-corrected chi connectivity index (χ2v) is 4.96. The van der Waals surface area contributed by atoms with Gasteiger partial charge in [-0.15, -0.1) is 0 Å². The molecule has 20 heavy (non-hydrogen) atoms. The number of ether oxygens (including phenoxy) is 1. The smallest absolute Gasteiger partial charge is 0.341 e. The van der Waals surface area contributed by atoms with E-state index >= 15 is 0 Å². The van der Waals surface area contributed by atoms with E-state index in [0.29, 0.717) is 30.1 Å². The molecule has 0 saturated heterocycles. The molecule has 1 aromatic heterocycles. The van der Waals surface area contributed by atoms with Crippen LogP contribution < -0.4 is 0 Å². The Morgan fingerprint density at radius 1 is 1.30 bits per heavy atom. The van der Waals surface area contributed by atoms with Gasteiger partial charge < -0.3 is 4.74 Å². The summed E-state index contributed by atoms with van der Waals surface area (Å²) in [6.07, 6.45) is 2.25. The summed E-state index contributed by atoms with van der Waals surface area (Å²) in [5.74, 6) is 0.296. The zero-order valence-corrected chi connectivity index (χ0v) is 13.0. The number of rotatable bonds is 4. The molecule has 0 spiro atoms. The lowest BCUT2D eigenvalue weighted by Crippen LogP contribution is -2.10. The van der Waals surface area contributed by atoms with Crippen LogP contribution in [0.2, 0.25) is 0 Å². The molecule has 4 nitrogen and oxygen atoms in total. The first-order valence-corrected chi connectivity index (χ1v) is 7.24. The van der Waals surface area contributed by atoms with Gasteiger partial charge in [0, 0.05) is 22.7 Å². The van der Waals surface area contributed by atoms with Crippen LogP contribution in [0.4, 0.5) is 0 Å². The number of aromatic nitrogens is 2. The van der Waals surface area contributed by atoms with Crippen LogP contribution in [0.5, 0.6) is 0 Å². The summed E-state index contributed by atoms with van der Waals surface area (Å²) >= 11 is 3.49. The maximum absolute atomic E-state index is 12.0. The fourth-order valence-electron chi connectivity index (χ4n) is 1.81. The quantitative estimate of drug-likeness (QED) is 0.801. The predicted octanol–water partition coefficient (Wildman–Crippen LogP) is 3.65. The third-order valence-corrected chi connectivity index (χ3v) is 3.47. The first-order valence-electron chi connectivity index (χ1n) is 6.45. The highest BCUT2D eigenvalue weighted by Gasteiger charge is 2.18. The third kappa shape index (κ3) is 3.04. The molecule has 0 aliphatic heterocycles. The first kappa shape index (κ1) is 14.7. The molecule has 1 heterocycles. The zero-order chi connectivity index (χ0) is 14.5. The van der Waals surface area contributed by atoms with Crippen LogP contribution in [0.3, 0.4) is 0 Å². The number of halogens is 1. The second-order valence-electron chi connectivity index (χ2n) is 4.10. The number of carbonyl (C=O) groups is 1. The molecular formula is C15H15BrN2O2. The molecule has 2 rings (SSSR count). The second kappa shape index (κ2) is 6.61. The Morgan fingerprint density at radius 3 is 2.70 bits per heavy atom. The molecule has 1 aromatic carbocycles. The molecule has 0 fully saturated rings. The Bertz CT molecular complexity index is 629. The zero-order valence-electron chi connectivity index (χ0n) is 11.4. The van der Waals surface area contributed by atoms with E-state index in [4.69, 9.17) is 4.74 Å². The minimum atomic E-state index is -0.402. The van der Waals surface area contributed by atoms with E-state index in [1.54, 1.807) is 13.1 Å². The number of aryl methyl sites for hydroxylation is 1. The van der Waals surface area contributed by atoms with Crippen molar-refractivity contribution in [2.24, 2.45) is 0 Å². The lowest BCUT2D eigenvalue weighted by molar-refractivity contribution is 0.0526. The maximum atomic E-state index is 12.0. The van der Waals surface area contributed by atoms with Crippen LogP contribution in [0.15, 0.2) is 34.9 Å². The summed E-state index contributed by atoms with van der Waals surface area (Å²) in [5, 5.41) is 0. The minimum absolute atomic E-state index is 0.323. The van der Waals surface area contributed by atoms with E-state index in [9.17, 15) is 4.79 Å². The SMILES string of the molecule is CCOC(=O)c1cnc(CC)nc1-c1ccccc1Br. The normalized spacial score (nSPS) is 10.3. The van der Waals surface area contributed by atoms with Crippen molar-refractivity contribution in [1.82, 2.24) is 9.97 Å². The van der Waals surface area contributed by atoms with E-state index in [1.165, 1.54) is 0 Å².